The summed E-state index contributed by atoms with van der Waals surface area (Å²) in [7, 11) is 0. The fourth-order valence-electron chi connectivity index (χ4n) is 2.14. The van der Waals surface area contributed by atoms with Crippen molar-refractivity contribution in [2.45, 2.75) is 24.9 Å². The lowest BCUT2D eigenvalue weighted by Crippen LogP contribution is -2.28. The number of aliphatic hydroxyl groups excluding tert-OH is 1. The minimum absolute atomic E-state index is 0.160. The lowest BCUT2D eigenvalue weighted by Gasteiger charge is -2.12. The minimum atomic E-state index is -0.747. The van der Waals surface area contributed by atoms with Crippen LogP contribution in [0.15, 0.2) is 29.8 Å². The number of halogens is 1. The van der Waals surface area contributed by atoms with Crippen LogP contribution in [0.2, 0.25) is 5.02 Å². The van der Waals surface area contributed by atoms with Gasteiger partial charge in [0.1, 0.15) is 4.88 Å². The summed E-state index contributed by atoms with van der Waals surface area (Å²) >= 11 is 7.16. The molecule has 6 heteroatoms. The predicted octanol–water partition coefficient (Wildman–Crippen LogP) is 3.14. The van der Waals surface area contributed by atoms with E-state index in [4.69, 9.17) is 11.6 Å². The zero-order valence-corrected chi connectivity index (χ0v) is 12.8. The van der Waals surface area contributed by atoms with Crippen LogP contribution in [-0.2, 0) is 0 Å². The number of amides is 1. The standard InChI is InChI=1S/C15H15ClN2O2S/c16-11-5-3-9(4-6-11)12(19)7-17-15(20)14-13(10-1-2-10)18-8-21-14/h3-6,8,10,12,19H,1-2,7H2,(H,17,20). The third-order valence-corrected chi connectivity index (χ3v) is 4.57. The smallest absolute Gasteiger partial charge is 0.263 e. The molecule has 0 saturated heterocycles. The van der Waals surface area contributed by atoms with Gasteiger partial charge < -0.3 is 10.4 Å². The molecular weight excluding hydrogens is 308 g/mol. The largest absolute Gasteiger partial charge is 0.387 e. The Kier molecular flexibility index (Phi) is 4.24. The number of hydrogen-bond donors (Lipinski definition) is 2. The summed E-state index contributed by atoms with van der Waals surface area (Å²) in [6, 6.07) is 6.94. The first-order chi connectivity index (χ1) is 10.1. The van der Waals surface area contributed by atoms with Crippen molar-refractivity contribution >= 4 is 28.8 Å². The number of benzene rings is 1. The van der Waals surface area contributed by atoms with Crippen LogP contribution < -0.4 is 5.32 Å². The van der Waals surface area contributed by atoms with Gasteiger partial charge in [-0.15, -0.1) is 11.3 Å². The molecule has 1 atom stereocenters. The average molecular weight is 323 g/mol. The molecule has 1 aliphatic carbocycles. The quantitative estimate of drug-likeness (QED) is 0.889. The number of carbonyl (C=O) groups excluding carboxylic acids is 1. The van der Waals surface area contributed by atoms with Crippen LogP contribution in [0.3, 0.4) is 0 Å². The molecule has 1 aromatic carbocycles. The van der Waals surface area contributed by atoms with Crippen molar-refractivity contribution in [1.82, 2.24) is 10.3 Å². The van der Waals surface area contributed by atoms with Crippen LogP contribution >= 0.6 is 22.9 Å². The molecule has 3 rings (SSSR count). The van der Waals surface area contributed by atoms with Crippen molar-refractivity contribution in [2.75, 3.05) is 6.54 Å². The predicted molar refractivity (Wildman–Crippen MR) is 82.8 cm³/mol. The van der Waals surface area contributed by atoms with E-state index in [-0.39, 0.29) is 12.5 Å². The Morgan fingerprint density at radius 3 is 2.81 bits per heavy atom. The summed E-state index contributed by atoms with van der Waals surface area (Å²) in [4.78, 5) is 17.1. The van der Waals surface area contributed by atoms with E-state index in [0.717, 1.165) is 24.1 Å². The molecule has 1 unspecified atom stereocenters. The molecule has 1 aromatic heterocycles. The Bertz CT molecular complexity index is 637. The first-order valence-corrected chi connectivity index (χ1v) is 8.06. The molecule has 4 nitrogen and oxygen atoms in total. The summed E-state index contributed by atoms with van der Waals surface area (Å²) in [5.41, 5.74) is 3.34. The van der Waals surface area contributed by atoms with Crippen LogP contribution in [0.4, 0.5) is 0 Å². The summed E-state index contributed by atoms with van der Waals surface area (Å²) < 4.78 is 0. The van der Waals surface area contributed by atoms with Crippen molar-refractivity contribution in [3.05, 3.63) is 50.9 Å². The van der Waals surface area contributed by atoms with Gasteiger partial charge in [-0.1, -0.05) is 23.7 Å². The van der Waals surface area contributed by atoms with E-state index in [9.17, 15) is 9.90 Å². The Balaban J connectivity index is 1.60. The van der Waals surface area contributed by atoms with Gasteiger partial charge in [0.05, 0.1) is 17.3 Å². The molecule has 2 N–H and O–H groups in total. The fraction of sp³-hybridized carbons (Fsp3) is 0.333. The summed E-state index contributed by atoms with van der Waals surface area (Å²) in [5.74, 6) is 0.283. The van der Waals surface area contributed by atoms with Crippen LogP contribution in [-0.4, -0.2) is 22.5 Å². The van der Waals surface area contributed by atoms with Crippen molar-refractivity contribution < 1.29 is 9.90 Å². The molecular formula is C15H15ClN2O2S. The van der Waals surface area contributed by atoms with Gasteiger partial charge in [-0.3, -0.25) is 4.79 Å². The highest BCUT2D eigenvalue weighted by molar-refractivity contribution is 7.11. The highest BCUT2D eigenvalue weighted by Crippen LogP contribution is 2.41. The molecule has 1 aliphatic rings. The third kappa shape index (κ3) is 3.43. The lowest BCUT2D eigenvalue weighted by molar-refractivity contribution is 0.0919. The summed E-state index contributed by atoms with van der Waals surface area (Å²) in [6.07, 6.45) is 1.47. The second-order valence-corrected chi connectivity index (χ2v) is 6.41. The maximum Gasteiger partial charge on any atom is 0.263 e. The van der Waals surface area contributed by atoms with Crippen LogP contribution in [0.5, 0.6) is 0 Å². The number of nitrogens with one attached hydrogen (secondary N) is 1. The van der Waals surface area contributed by atoms with Crippen molar-refractivity contribution in [1.29, 1.82) is 0 Å². The summed E-state index contributed by atoms with van der Waals surface area (Å²) in [6.45, 7) is 0.169. The van der Waals surface area contributed by atoms with Gasteiger partial charge >= 0.3 is 0 Å². The molecule has 0 bridgehead atoms. The van der Waals surface area contributed by atoms with Gasteiger partial charge in [0.25, 0.3) is 5.91 Å². The zero-order valence-electron chi connectivity index (χ0n) is 11.3. The molecule has 0 spiro atoms. The Labute approximate surface area is 131 Å². The zero-order chi connectivity index (χ0) is 14.8. The number of carbonyl (C=O) groups is 1. The van der Waals surface area contributed by atoms with Gasteiger partial charge in [-0.25, -0.2) is 4.98 Å². The number of hydrogen-bond acceptors (Lipinski definition) is 4. The maximum absolute atomic E-state index is 12.2. The van der Waals surface area contributed by atoms with E-state index in [1.54, 1.807) is 29.8 Å². The van der Waals surface area contributed by atoms with Gasteiger partial charge in [0, 0.05) is 17.5 Å². The van der Waals surface area contributed by atoms with E-state index >= 15 is 0 Å². The van der Waals surface area contributed by atoms with Crippen molar-refractivity contribution in [3.8, 4) is 0 Å². The molecule has 1 amide bonds. The van der Waals surface area contributed by atoms with E-state index in [1.807, 2.05) is 0 Å². The molecule has 0 radical (unpaired) electrons. The number of aliphatic hydroxyl groups is 1. The lowest BCUT2D eigenvalue weighted by atomic mass is 10.1. The Hall–Kier alpha value is -1.43. The SMILES string of the molecule is O=C(NCC(O)c1ccc(Cl)cc1)c1scnc1C1CC1. The monoisotopic (exact) mass is 322 g/mol. The fourth-order valence-corrected chi connectivity index (χ4v) is 3.06. The van der Waals surface area contributed by atoms with Crippen molar-refractivity contribution in [2.24, 2.45) is 0 Å². The first kappa shape index (κ1) is 14.5. The molecule has 21 heavy (non-hydrogen) atoms. The average Bonchev–Trinajstić information content (AvgIpc) is 3.22. The topological polar surface area (TPSA) is 62.2 Å². The maximum atomic E-state index is 12.2. The van der Waals surface area contributed by atoms with Crippen LogP contribution in [0.1, 0.15) is 45.8 Å². The second-order valence-electron chi connectivity index (χ2n) is 5.12. The van der Waals surface area contributed by atoms with E-state index in [0.29, 0.717) is 15.8 Å². The Morgan fingerprint density at radius 1 is 1.43 bits per heavy atom. The normalized spacial score (nSPS) is 15.7. The Morgan fingerprint density at radius 2 is 2.14 bits per heavy atom. The summed E-state index contributed by atoms with van der Waals surface area (Å²) in [5, 5.41) is 13.5. The number of thiazole rings is 1. The van der Waals surface area contributed by atoms with Gasteiger partial charge in [-0.05, 0) is 30.5 Å². The third-order valence-electron chi connectivity index (χ3n) is 3.48. The second kappa shape index (κ2) is 6.13. The number of nitrogens with zero attached hydrogens (tertiary/aromatic N) is 1. The van der Waals surface area contributed by atoms with Gasteiger partial charge in [-0.2, -0.15) is 0 Å². The van der Waals surface area contributed by atoms with Gasteiger partial charge in [0.15, 0.2) is 0 Å². The van der Waals surface area contributed by atoms with E-state index in [1.165, 1.54) is 11.3 Å². The molecule has 110 valence electrons. The molecule has 0 aliphatic heterocycles. The first-order valence-electron chi connectivity index (χ1n) is 6.80. The van der Waals surface area contributed by atoms with Crippen LogP contribution in [0.25, 0.3) is 0 Å². The highest BCUT2D eigenvalue weighted by atomic mass is 35.5. The minimum Gasteiger partial charge on any atom is -0.387 e. The van der Waals surface area contributed by atoms with E-state index in [2.05, 4.69) is 10.3 Å². The van der Waals surface area contributed by atoms with Gasteiger partial charge in [0.2, 0.25) is 0 Å². The van der Waals surface area contributed by atoms with E-state index < -0.39 is 6.10 Å². The van der Waals surface area contributed by atoms with Crippen LogP contribution in [0, 0.1) is 0 Å². The van der Waals surface area contributed by atoms with Crippen molar-refractivity contribution in [3.63, 3.8) is 0 Å². The number of rotatable bonds is 5. The number of aromatic nitrogens is 1. The molecule has 1 saturated carbocycles. The molecule has 2 aromatic rings. The molecule has 1 heterocycles. The highest BCUT2D eigenvalue weighted by Gasteiger charge is 2.30. The molecule has 1 fully saturated rings.